The Hall–Kier alpha value is -3.51. The van der Waals surface area contributed by atoms with Gasteiger partial charge in [-0.1, -0.05) is 0 Å². The first kappa shape index (κ1) is 22.7. The molecule has 12 heteroatoms. The number of rotatable bonds is 5. The van der Waals surface area contributed by atoms with Crippen molar-refractivity contribution in [2.45, 2.75) is 13.5 Å². The van der Waals surface area contributed by atoms with E-state index >= 15 is 0 Å². The maximum Gasteiger partial charge on any atom is 0.261 e. The van der Waals surface area contributed by atoms with Crippen molar-refractivity contribution in [1.29, 1.82) is 0 Å². The van der Waals surface area contributed by atoms with Gasteiger partial charge in [-0.3, -0.25) is 14.4 Å². The van der Waals surface area contributed by atoms with Crippen LogP contribution in [0.4, 0.5) is 5.82 Å². The lowest BCUT2D eigenvalue weighted by molar-refractivity contribution is -0.135. The van der Waals surface area contributed by atoms with Gasteiger partial charge in [-0.05, 0) is 23.8 Å². The van der Waals surface area contributed by atoms with Crippen LogP contribution >= 0.6 is 0 Å². The number of aromatic nitrogens is 2. The van der Waals surface area contributed by atoms with E-state index in [2.05, 4.69) is 10.3 Å². The average molecular weight is 474 g/mol. The summed E-state index contributed by atoms with van der Waals surface area (Å²) in [5, 5.41) is 2.98. The minimum absolute atomic E-state index is 0.112. The number of pyridine rings is 2. The van der Waals surface area contributed by atoms with Gasteiger partial charge in [0.2, 0.25) is 21.8 Å². The van der Waals surface area contributed by atoms with Crippen molar-refractivity contribution in [3.63, 3.8) is 0 Å². The van der Waals surface area contributed by atoms with Crippen molar-refractivity contribution >= 4 is 38.6 Å². The summed E-state index contributed by atoms with van der Waals surface area (Å²) < 4.78 is 32.0. The third kappa shape index (κ3) is 4.66. The molecule has 0 aliphatic carbocycles. The molecule has 4 rings (SSSR count). The Morgan fingerprint density at radius 2 is 2.00 bits per heavy atom. The summed E-state index contributed by atoms with van der Waals surface area (Å²) in [6, 6.07) is 5.02. The van der Waals surface area contributed by atoms with Crippen LogP contribution < -0.4 is 10.9 Å². The molecule has 0 atom stereocenters. The van der Waals surface area contributed by atoms with Gasteiger partial charge in [0, 0.05) is 45.0 Å². The molecule has 2 amide bonds. The van der Waals surface area contributed by atoms with Gasteiger partial charge in [0.05, 0.1) is 24.7 Å². The summed E-state index contributed by atoms with van der Waals surface area (Å²) in [5.41, 5.74) is 1.41. The molecule has 3 aromatic rings. The van der Waals surface area contributed by atoms with Gasteiger partial charge in [-0.15, -0.1) is 0 Å². The van der Waals surface area contributed by atoms with Crippen LogP contribution in [-0.2, 0) is 33.2 Å². The molecule has 1 saturated heterocycles. The fraction of sp³-hybridized carbons (Fsp3) is 0.333. The summed E-state index contributed by atoms with van der Waals surface area (Å²) in [7, 11) is -1.82. The highest BCUT2D eigenvalue weighted by Gasteiger charge is 2.30. The van der Waals surface area contributed by atoms with Gasteiger partial charge in [0.15, 0.2) is 0 Å². The molecule has 0 saturated carbocycles. The number of amides is 2. The molecule has 1 N–H and O–H groups in total. The number of aryl methyl sites for hydroxylation is 1. The van der Waals surface area contributed by atoms with Crippen molar-refractivity contribution in [1.82, 2.24) is 18.8 Å². The maximum atomic E-state index is 12.7. The lowest BCUT2D eigenvalue weighted by Gasteiger charge is -2.32. The van der Waals surface area contributed by atoms with Gasteiger partial charge >= 0.3 is 0 Å². The third-order valence-corrected chi connectivity index (χ3v) is 6.63. The molecule has 4 heterocycles. The number of fused-ring (bicyclic) bond motifs is 1. The molecule has 0 bridgehead atoms. The smallest absolute Gasteiger partial charge is 0.261 e. The van der Waals surface area contributed by atoms with E-state index in [1.807, 2.05) is 0 Å². The predicted octanol–water partition coefficient (Wildman–Crippen LogP) is 0.756. The Morgan fingerprint density at radius 3 is 2.67 bits per heavy atom. The lowest BCUT2D eigenvalue weighted by atomic mass is 10.1. The van der Waals surface area contributed by atoms with Crippen molar-refractivity contribution in [2.24, 2.45) is 7.05 Å². The molecule has 0 aromatic carbocycles. The Labute approximate surface area is 189 Å². The van der Waals surface area contributed by atoms with E-state index in [9.17, 15) is 22.8 Å². The maximum absolute atomic E-state index is 12.7. The molecular formula is C21H23N5O6S. The van der Waals surface area contributed by atoms with Crippen molar-refractivity contribution in [3.05, 3.63) is 46.7 Å². The first-order chi connectivity index (χ1) is 15.5. The van der Waals surface area contributed by atoms with E-state index in [0.717, 1.165) is 10.6 Å². The zero-order valence-corrected chi connectivity index (χ0v) is 19.2. The fourth-order valence-electron chi connectivity index (χ4n) is 3.76. The second-order valence-corrected chi connectivity index (χ2v) is 9.92. The van der Waals surface area contributed by atoms with Crippen molar-refractivity contribution < 1.29 is 22.4 Å². The molecule has 0 unspecified atom stereocenters. The molecule has 11 nitrogen and oxygen atoms in total. The van der Waals surface area contributed by atoms with Crippen LogP contribution in [0.3, 0.4) is 0 Å². The van der Waals surface area contributed by atoms with Crippen LogP contribution in [0, 0.1) is 0 Å². The first-order valence-corrected chi connectivity index (χ1v) is 12.0. The summed E-state index contributed by atoms with van der Waals surface area (Å²) in [5.74, 6) is 0.176. The van der Waals surface area contributed by atoms with Gasteiger partial charge in [0.25, 0.3) is 5.56 Å². The second kappa shape index (κ2) is 8.45. The topological polar surface area (TPSA) is 135 Å². The molecule has 0 radical (unpaired) electrons. The van der Waals surface area contributed by atoms with E-state index in [1.165, 1.54) is 16.4 Å². The molecule has 1 aliphatic heterocycles. The number of piperazine rings is 1. The average Bonchev–Trinajstić information content (AvgIpc) is 3.15. The summed E-state index contributed by atoms with van der Waals surface area (Å²) >= 11 is 0. The van der Waals surface area contributed by atoms with Crippen LogP contribution in [0.5, 0.6) is 0 Å². The monoisotopic (exact) mass is 473 g/mol. The van der Waals surface area contributed by atoms with E-state index in [0.29, 0.717) is 33.7 Å². The highest BCUT2D eigenvalue weighted by atomic mass is 32.2. The molecule has 1 aliphatic rings. The van der Waals surface area contributed by atoms with E-state index in [4.69, 9.17) is 4.42 Å². The van der Waals surface area contributed by atoms with Crippen LogP contribution in [0.2, 0.25) is 0 Å². The van der Waals surface area contributed by atoms with Gasteiger partial charge in [-0.2, -0.15) is 4.31 Å². The van der Waals surface area contributed by atoms with Crippen molar-refractivity contribution in [2.75, 3.05) is 31.2 Å². The Morgan fingerprint density at radius 1 is 1.24 bits per heavy atom. The largest absolute Gasteiger partial charge is 0.458 e. The van der Waals surface area contributed by atoms with Gasteiger partial charge in [0.1, 0.15) is 17.2 Å². The number of anilines is 1. The highest BCUT2D eigenvalue weighted by molar-refractivity contribution is 7.88. The summed E-state index contributed by atoms with van der Waals surface area (Å²) in [6.07, 6.45) is 4.26. The lowest BCUT2D eigenvalue weighted by Crippen LogP contribution is -2.51. The number of nitrogens with zero attached hydrogens (tertiary/aromatic N) is 4. The number of hydrogen-bond donors (Lipinski definition) is 1. The summed E-state index contributed by atoms with van der Waals surface area (Å²) in [6.45, 7) is 1.68. The Balaban J connectivity index is 1.68. The molecule has 3 aromatic heterocycles. The quantitative estimate of drug-likeness (QED) is 0.578. The second-order valence-electron chi connectivity index (χ2n) is 7.94. The minimum atomic E-state index is -3.45. The number of hydrogen-bond acceptors (Lipinski definition) is 7. The minimum Gasteiger partial charge on any atom is -0.458 e. The molecule has 33 heavy (non-hydrogen) atoms. The Kier molecular flexibility index (Phi) is 5.80. The van der Waals surface area contributed by atoms with Crippen LogP contribution in [0.15, 0.2) is 39.8 Å². The van der Waals surface area contributed by atoms with Crippen LogP contribution in [0.1, 0.15) is 12.7 Å². The fourth-order valence-corrected chi connectivity index (χ4v) is 4.52. The molecule has 174 valence electrons. The van der Waals surface area contributed by atoms with Crippen molar-refractivity contribution in [3.8, 4) is 11.1 Å². The van der Waals surface area contributed by atoms with E-state index in [1.54, 1.807) is 37.6 Å². The highest BCUT2D eigenvalue weighted by Crippen LogP contribution is 2.30. The van der Waals surface area contributed by atoms with E-state index in [-0.39, 0.29) is 43.6 Å². The number of carbonyl (C=O) groups excluding carboxylic acids is 2. The first-order valence-electron chi connectivity index (χ1n) is 10.1. The van der Waals surface area contributed by atoms with Crippen LogP contribution in [0.25, 0.3) is 22.1 Å². The number of nitrogens with one attached hydrogen (secondary N) is 1. The zero-order chi connectivity index (χ0) is 23.9. The number of carbonyl (C=O) groups is 2. The number of sulfonamides is 1. The summed E-state index contributed by atoms with van der Waals surface area (Å²) in [4.78, 5) is 42.2. The van der Waals surface area contributed by atoms with E-state index < -0.39 is 10.0 Å². The standard InChI is InChI=1S/C21H23N5O6S/c1-13(27)23-18-8-14(4-5-22-18)17-11-24(2)21(29)16-9-15(32-20(16)17)10-25-6-7-26(12-19(25)28)33(3,30)31/h4-5,8-9,11H,6-7,10,12H2,1-3H3,(H,22,23,27). The number of furan rings is 1. The van der Waals surface area contributed by atoms with Crippen LogP contribution in [-0.4, -0.2) is 64.9 Å². The third-order valence-electron chi connectivity index (χ3n) is 5.38. The molecule has 1 fully saturated rings. The predicted molar refractivity (Wildman–Crippen MR) is 121 cm³/mol. The van der Waals surface area contributed by atoms with Gasteiger partial charge < -0.3 is 19.2 Å². The SMILES string of the molecule is CC(=O)Nc1cc(-c2cn(C)c(=O)c3cc(CN4CCN(S(C)(=O)=O)CC4=O)oc23)ccn1. The Bertz CT molecular complexity index is 1420. The normalized spacial score (nSPS) is 15.2. The van der Waals surface area contributed by atoms with Gasteiger partial charge in [-0.25, -0.2) is 13.4 Å². The zero-order valence-electron chi connectivity index (χ0n) is 18.4. The molecule has 0 spiro atoms. The molecular weight excluding hydrogens is 450 g/mol.